The monoisotopic (exact) mass is 284 g/mol. The molecule has 1 aliphatic carbocycles. The Morgan fingerprint density at radius 2 is 1.70 bits per heavy atom. The molecule has 20 heavy (non-hydrogen) atoms. The normalized spacial score (nSPS) is 18.3. The van der Waals surface area contributed by atoms with Crippen molar-refractivity contribution >= 4 is 17.8 Å². The molecule has 0 aliphatic heterocycles. The maximum absolute atomic E-state index is 12.1. The molecule has 0 aromatic rings. The van der Waals surface area contributed by atoms with E-state index in [4.69, 9.17) is 10.8 Å². The van der Waals surface area contributed by atoms with Gasteiger partial charge in [-0.2, -0.15) is 0 Å². The second-order valence-corrected chi connectivity index (χ2v) is 6.35. The smallest absolute Gasteiger partial charge is 0.303 e. The van der Waals surface area contributed by atoms with E-state index in [0.717, 1.165) is 32.1 Å². The van der Waals surface area contributed by atoms with Gasteiger partial charge in [0.1, 0.15) is 5.54 Å². The van der Waals surface area contributed by atoms with Gasteiger partial charge in [0, 0.05) is 6.42 Å². The van der Waals surface area contributed by atoms with Crippen molar-refractivity contribution in [3.8, 4) is 0 Å². The molecule has 0 aromatic heterocycles. The molecular weight excluding hydrogens is 260 g/mol. The summed E-state index contributed by atoms with van der Waals surface area (Å²) < 4.78 is 0. The standard InChI is InChI=1S/C14H24N2O4/c1-13(2,12(15)20)16-10(17)8-14(9-11(18)19)6-4-3-5-7-14/h3-9H2,1-2H3,(H2,15,20)(H,16,17)(H,18,19). The highest BCUT2D eigenvalue weighted by Crippen LogP contribution is 2.42. The van der Waals surface area contributed by atoms with Crippen molar-refractivity contribution < 1.29 is 19.5 Å². The fourth-order valence-corrected chi connectivity index (χ4v) is 2.83. The minimum atomic E-state index is -1.11. The second-order valence-electron chi connectivity index (χ2n) is 6.35. The molecule has 0 unspecified atom stereocenters. The highest BCUT2D eigenvalue weighted by Gasteiger charge is 2.38. The first kappa shape index (κ1) is 16.5. The number of hydrogen-bond acceptors (Lipinski definition) is 3. The summed E-state index contributed by atoms with van der Waals surface area (Å²) >= 11 is 0. The minimum Gasteiger partial charge on any atom is -0.481 e. The summed E-state index contributed by atoms with van der Waals surface area (Å²) in [4.78, 5) is 34.4. The maximum Gasteiger partial charge on any atom is 0.303 e. The van der Waals surface area contributed by atoms with Crippen LogP contribution in [0, 0.1) is 5.41 Å². The van der Waals surface area contributed by atoms with Gasteiger partial charge in [-0.25, -0.2) is 0 Å². The van der Waals surface area contributed by atoms with Gasteiger partial charge in [-0.15, -0.1) is 0 Å². The SMILES string of the molecule is CC(C)(NC(=O)CC1(CC(=O)O)CCCCC1)C(N)=O. The van der Waals surface area contributed by atoms with Crippen LogP contribution < -0.4 is 11.1 Å². The first-order valence-corrected chi connectivity index (χ1v) is 7.00. The Morgan fingerprint density at radius 3 is 2.15 bits per heavy atom. The molecule has 0 spiro atoms. The van der Waals surface area contributed by atoms with Gasteiger partial charge in [-0.05, 0) is 32.1 Å². The van der Waals surface area contributed by atoms with Crippen LogP contribution in [0.5, 0.6) is 0 Å². The summed E-state index contributed by atoms with van der Waals surface area (Å²) in [6.07, 6.45) is 4.58. The number of nitrogens with one attached hydrogen (secondary N) is 1. The lowest BCUT2D eigenvalue weighted by Crippen LogP contribution is -2.53. The van der Waals surface area contributed by atoms with Crippen molar-refractivity contribution in [2.24, 2.45) is 11.1 Å². The Bertz CT molecular complexity index is 398. The molecule has 0 atom stereocenters. The number of carboxylic acids is 1. The molecule has 0 saturated heterocycles. The number of aliphatic carboxylic acids is 1. The number of amides is 2. The molecule has 1 aliphatic rings. The highest BCUT2D eigenvalue weighted by atomic mass is 16.4. The number of hydrogen-bond donors (Lipinski definition) is 3. The van der Waals surface area contributed by atoms with Crippen molar-refractivity contribution in [2.45, 2.75) is 64.3 Å². The van der Waals surface area contributed by atoms with Crippen LogP contribution >= 0.6 is 0 Å². The van der Waals surface area contributed by atoms with E-state index < -0.39 is 22.8 Å². The van der Waals surface area contributed by atoms with E-state index in [1.165, 1.54) is 13.8 Å². The zero-order valence-corrected chi connectivity index (χ0v) is 12.2. The number of rotatable bonds is 6. The van der Waals surface area contributed by atoms with Crippen molar-refractivity contribution in [3.63, 3.8) is 0 Å². The Hall–Kier alpha value is -1.59. The Kier molecular flexibility index (Phi) is 5.14. The molecule has 0 heterocycles. The number of carbonyl (C=O) groups excluding carboxylic acids is 2. The first-order valence-electron chi connectivity index (χ1n) is 7.00. The Morgan fingerprint density at radius 1 is 1.15 bits per heavy atom. The van der Waals surface area contributed by atoms with Crippen LogP contribution in [0.3, 0.4) is 0 Å². The molecule has 1 rings (SSSR count). The molecule has 0 bridgehead atoms. The van der Waals surface area contributed by atoms with Crippen LogP contribution in [-0.2, 0) is 14.4 Å². The van der Waals surface area contributed by atoms with Crippen LogP contribution in [0.25, 0.3) is 0 Å². The van der Waals surface area contributed by atoms with E-state index in [9.17, 15) is 14.4 Å². The molecule has 6 heteroatoms. The fraction of sp³-hybridized carbons (Fsp3) is 0.786. The first-order chi connectivity index (χ1) is 9.17. The third-order valence-corrected chi connectivity index (χ3v) is 4.04. The maximum atomic E-state index is 12.1. The zero-order valence-electron chi connectivity index (χ0n) is 12.2. The van der Waals surface area contributed by atoms with Gasteiger partial charge >= 0.3 is 5.97 Å². The van der Waals surface area contributed by atoms with Crippen molar-refractivity contribution in [1.29, 1.82) is 0 Å². The minimum absolute atomic E-state index is 0.00256. The molecule has 0 aromatic carbocycles. The van der Waals surface area contributed by atoms with Crippen molar-refractivity contribution in [3.05, 3.63) is 0 Å². The van der Waals surface area contributed by atoms with E-state index in [1.54, 1.807) is 0 Å². The topological polar surface area (TPSA) is 109 Å². The number of primary amides is 1. The number of nitrogens with two attached hydrogens (primary N) is 1. The van der Waals surface area contributed by atoms with Crippen LogP contribution in [0.1, 0.15) is 58.8 Å². The molecule has 1 saturated carbocycles. The van der Waals surface area contributed by atoms with E-state index in [-0.39, 0.29) is 18.7 Å². The lowest BCUT2D eigenvalue weighted by Gasteiger charge is -2.36. The van der Waals surface area contributed by atoms with E-state index in [0.29, 0.717) is 0 Å². The van der Waals surface area contributed by atoms with Gasteiger partial charge in [0.05, 0.1) is 6.42 Å². The third-order valence-electron chi connectivity index (χ3n) is 4.04. The molecule has 0 radical (unpaired) electrons. The fourth-order valence-electron chi connectivity index (χ4n) is 2.83. The summed E-state index contributed by atoms with van der Waals surface area (Å²) in [6.45, 7) is 3.08. The van der Waals surface area contributed by atoms with Gasteiger partial charge < -0.3 is 16.2 Å². The quantitative estimate of drug-likeness (QED) is 0.680. The van der Waals surface area contributed by atoms with Gasteiger partial charge in [0.2, 0.25) is 11.8 Å². The summed E-state index contributed by atoms with van der Waals surface area (Å²) in [7, 11) is 0. The summed E-state index contributed by atoms with van der Waals surface area (Å²) in [6, 6.07) is 0. The lowest BCUT2D eigenvalue weighted by atomic mass is 9.69. The average molecular weight is 284 g/mol. The summed E-state index contributed by atoms with van der Waals surface area (Å²) in [5.74, 6) is -1.80. The van der Waals surface area contributed by atoms with Gasteiger partial charge in [-0.3, -0.25) is 14.4 Å². The average Bonchev–Trinajstić information content (AvgIpc) is 2.27. The van der Waals surface area contributed by atoms with Gasteiger partial charge in [0.25, 0.3) is 0 Å². The van der Waals surface area contributed by atoms with Gasteiger partial charge in [0.15, 0.2) is 0 Å². The van der Waals surface area contributed by atoms with E-state index in [2.05, 4.69) is 5.32 Å². The highest BCUT2D eigenvalue weighted by molar-refractivity contribution is 5.89. The van der Waals surface area contributed by atoms with Crippen LogP contribution in [0.15, 0.2) is 0 Å². The van der Waals surface area contributed by atoms with Crippen molar-refractivity contribution in [1.82, 2.24) is 5.32 Å². The molecule has 114 valence electrons. The Labute approximate surface area is 119 Å². The predicted octanol–water partition coefficient (Wildman–Crippen LogP) is 1.18. The molecule has 6 nitrogen and oxygen atoms in total. The summed E-state index contributed by atoms with van der Waals surface area (Å²) in [5.41, 5.74) is 3.62. The van der Waals surface area contributed by atoms with E-state index in [1.807, 2.05) is 0 Å². The zero-order chi connectivity index (χ0) is 15.4. The van der Waals surface area contributed by atoms with Crippen LogP contribution in [-0.4, -0.2) is 28.4 Å². The molecular formula is C14H24N2O4. The number of carbonyl (C=O) groups is 3. The lowest BCUT2D eigenvalue weighted by molar-refractivity contribution is -0.141. The second kappa shape index (κ2) is 6.24. The third kappa shape index (κ3) is 4.51. The predicted molar refractivity (Wildman–Crippen MR) is 73.8 cm³/mol. The largest absolute Gasteiger partial charge is 0.481 e. The van der Waals surface area contributed by atoms with Crippen LogP contribution in [0.4, 0.5) is 0 Å². The molecule has 2 amide bonds. The number of carboxylic acid groups (broad SMARTS) is 1. The summed E-state index contributed by atoms with van der Waals surface area (Å²) in [5, 5.41) is 11.7. The Balaban J connectivity index is 2.72. The van der Waals surface area contributed by atoms with Gasteiger partial charge in [-0.1, -0.05) is 19.3 Å². The van der Waals surface area contributed by atoms with Crippen LogP contribution in [0.2, 0.25) is 0 Å². The van der Waals surface area contributed by atoms with Crippen molar-refractivity contribution in [2.75, 3.05) is 0 Å². The molecule has 4 N–H and O–H groups in total. The molecule has 1 fully saturated rings. The van der Waals surface area contributed by atoms with E-state index >= 15 is 0 Å².